The van der Waals surface area contributed by atoms with Crippen molar-refractivity contribution < 1.29 is 9.18 Å². The molecule has 0 unspecified atom stereocenters. The molecule has 0 saturated heterocycles. The lowest BCUT2D eigenvalue weighted by Gasteiger charge is -2.20. The number of benzene rings is 2. The van der Waals surface area contributed by atoms with Gasteiger partial charge in [0.05, 0.1) is 15.6 Å². The summed E-state index contributed by atoms with van der Waals surface area (Å²) in [5, 5.41) is 2.82. The Morgan fingerprint density at radius 2 is 1.72 bits per heavy atom. The Kier molecular flexibility index (Phi) is 7.24. The van der Waals surface area contributed by atoms with Crippen LogP contribution in [0.4, 0.5) is 4.39 Å². The van der Waals surface area contributed by atoms with E-state index < -0.39 is 11.7 Å². The van der Waals surface area contributed by atoms with E-state index in [2.05, 4.69) is 30.1 Å². The number of hydrogen-bond acceptors (Lipinski definition) is 2. The summed E-state index contributed by atoms with van der Waals surface area (Å²) in [6.45, 7) is 7.30. The Balaban J connectivity index is 2.11. The van der Waals surface area contributed by atoms with Gasteiger partial charge in [0.2, 0.25) is 0 Å². The summed E-state index contributed by atoms with van der Waals surface area (Å²) in [7, 11) is 0. The number of hydrogen-bond donors (Lipinski definition) is 1. The summed E-state index contributed by atoms with van der Waals surface area (Å²) < 4.78 is 13.6. The van der Waals surface area contributed by atoms with Gasteiger partial charge >= 0.3 is 0 Å². The van der Waals surface area contributed by atoms with Crippen molar-refractivity contribution >= 4 is 29.1 Å². The molecular formula is C19H21Cl2FN2O. The maximum absolute atomic E-state index is 13.6. The van der Waals surface area contributed by atoms with Crippen molar-refractivity contribution in [3.8, 4) is 0 Å². The molecule has 1 amide bonds. The van der Waals surface area contributed by atoms with Crippen molar-refractivity contribution in [3.63, 3.8) is 0 Å². The van der Waals surface area contributed by atoms with Crippen LogP contribution in [-0.4, -0.2) is 23.9 Å². The molecule has 25 heavy (non-hydrogen) atoms. The zero-order chi connectivity index (χ0) is 18.4. The molecule has 0 aliphatic carbocycles. The Labute approximate surface area is 157 Å². The summed E-state index contributed by atoms with van der Waals surface area (Å²) in [5.74, 6) is -1.10. The molecule has 0 aliphatic rings. The quantitative estimate of drug-likeness (QED) is 0.690. The van der Waals surface area contributed by atoms with Gasteiger partial charge in [-0.15, -0.1) is 0 Å². The molecule has 134 valence electrons. The van der Waals surface area contributed by atoms with Crippen LogP contribution >= 0.6 is 23.2 Å². The zero-order valence-corrected chi connectivity index (χ0v) is 15.8. The highest BCUT2D eigenvalue weighted by Crippen LogP contribution is 2.24. The number of amides is 1. The third kappa shape index (κ3) is 5.18. The fourth-order valence-electron chi connectivity index (χ4n) is 2.54. The van der Waals surface area contributed by atoms with Gasteiger partial charge in [-0.1, -0.05) is 61.3 Å². The second-order valence-electron chi connectivity index (χ2n) is 5.66. The summed E-state index contributed by atoms with van der Waals surface area (Å²) in [6, 6.07) is 10.2. The molecule has 0 saturated carbocycles. The molecule has 3 nitrogen and oxygen atoms in total. The molecule has 0 bridgehead atoms. The van der Waals surface area contributed by atoms with Gasteiger partial charge in [-0.2, -0.15) is 0 Å². The molecule has 2 aromatic carbocycles. The summed E-state index contributed by atoms with van der Waals surface area (Å²) in [4.78, 5) is 14.6. The average Bonchev–Trinajstić information content (AvgIpc) is 2.61. The monoisotopic (exact) mass is 382 g/mol. The standard InChI is InChI=1S/C19H21Cl2FN2O/c1-3-24(4-2)12-14-8-6-5-7-13(14)11-23-19(25)15-9-18(22)17(21)10-16(15)20/h5-10H,3-4,11-12H2,1-2H3,(H,23,25). The lowest BCUT2D eigenvalue weighted by atomic mass is 10.1. The summed E-state index contributed by atoms with van der Waals surface area (Å²) in [5.41, 5.74) is 2.25. The Bertz CT molecular complexity index is 748. The third-order valence-electron chi connectivity index (χ3n) is 4.10. The van der Waals surface area contributed by atoms with Crippen LogP contribution in [0.15, 0.2) is 36.4 Å². The number of halogens is 3. The van der Waals surface area contributed by atoms with Gasteiger partial charge in [0.15, 0.2) is 0 Å². The van der Waals surface area contributed by atoms with E-state index in [0.717, 1.165) is 36.8 Å². The molecule has 6 heteroatoms. The topological polar surface area (TPSA) is 32.3 Å². The SMILES string of the molecule is CCN(CC)Cc1ccccc1CNC(=O)c1cc(F)c(Cl)cc1Cl. The first-order chi connectivity index (χ1) is 12.0. The van der Waals surface area contributed by atoms with Crippen molar-refractivity contribution in [2.45, 2.75) is 26.9 Å². The van der Waals surface area contributed by atoms with Crippen LogP contribution in [0.5, 0.6) is 0 Å². The first-order valence-corrected chi connectivity index (χ1v) is 8.93. The maximum atomic E-state index is 13.6. The molecule has 2 aromatic rings. The highest BCUT2D eigenvalue weighted by Gasteiger charge is 2.15. The fraction of sp³-hybridized carbons (Fsp3) is 0.316. The van der Waals surface area contributed by atoms with Crippen LogP contribution < -0.4 is 5.32 Å². The van der Waals surface area contributed by atoms with E-state index >= 15 is 0 Å². The predicted octanol–water partition coefficient (Wildman–Crippen LogP) is 4.90. The van der Waals surface area contributed by atoms with Gasteiger partial charge in [0, 0.05) is 13.1 Å². The van der Waals surface area contributed by atoms with Crippen molar-refractivity contribution in [1.29, 1.82) is 0 Å². The molecule has 0 aromatic heterocycles. The molecule has 0 radical (unpaired) electrons. The number of nitrogens with zero attached hydrogens (tertiary/aromatic N) is 1. The molecule has 0 heterocycles. The van der Waals surface area contributed by atoms with Crippen molar-refractivity contribution in [3.05, 3.63) is 69.0 Å². The maximum Gasteiger partial charge on any atom is 0.253 e. The molecule has 0 fully saturated rings. The van der Waals surface area contributed by atoms with Gasteiger partial charge in [-0.3, -0.25) is 9.69 Å². The van der Waals surface area contributed by atoms with E-state index in [4.69, 9.17) is 23.2 Å². The van der Waals surface area contributed by atoms with Crippen molar-refractivity contribution in [1.82, 2.24) is 10.2 Å². The van der Waals surface area contributed by atoms with Crippen LogP contribution in [0.1, 0.15) is 35.3 Å². The lowest BCUT2D eigenvalue weighted by molar-refractivity contribution is 0.0950. The largest absolute Gasteiger partial charge is 0.348 e. The molecule has 0 atom stereocenters. The number of carbonyl (C=O) groups is 1. The van der Waals surface area contributed by atoms with Crippen LogP contribution in [0.25, 0.3) is 0 Å². The van der Waals surface area contributed by atoms with E-state index in [9.17, 15) is 9.18 Å². The van der Waals surface area contributed by atoms with Crippen molar-refractivity contribution in [2.24, 2.45) is 0 Å². The van der Waals surface area contributed by atoms with Gasteiger partial charge in [0.1, 0.15) is 5.82 Å². The van der Waals surface area contributed by atoms with Crippen LogP contribution in [-0.2, 0) is 13.1 Å². The predicted molar refractivity (Wildman–Crippen MR) is 101 cm³/mol. The van der Waals surface area contributed by atoms with Crippen molar-refractivity contribution in [2.75, 3.05) is 13.1 Å². The normalized spacial score (nSPS) is 11.0. The van der Waals surface area contributed by atoms with Gasteiger partial charge in [-0.05, 0) is 36.3 Å². The molecule has 0 aliphatic heterocycles. The van der Waals surface area contributed by atoms with E-state index in [1.807, 2.05) is 18.2 Å². The van der Waals surface area contributed by atoms with E-state index in [1.165, 1.54) is 6.07 Å². The average molecular weight is 383 g/mol. The highest BCUT2D eigenvalue weighted by atomic mass is 35.5. The van der Waals surface area contributed by atoms with Gasteiger partial charge in [0.25, 0.3) is 5.91 Å². The summed E-state index contributed by atoms with van der Waals surface area (Å²) in [6.07, 6.45) is 0. The Morgan fingerprint density at radius 3 is 2.36 bits per heavy atom. The zero-order valence-electron chi connectivity index (χ0n) is 14.3. The summed E-state index contributed by atoms with van der Waals surface area (Å²) >= 11 is 11.7. The first kappa shape index (κ1) is 19.7. The molecular weight excluding hydrogens is 362 g/mol. The minimum absolute atomic E-state index is 0.0739. The van der Waals surface area contributed by atoms with E-state index in [1.54, 1.807) is 0 Å². The van der Waals surface area contributed by atoms with Gasteiger partial charge in [-0.25, -0.2) is 4.39 Å². The van der Waals surface area contributed by atoms with Gasteiger partial charge < -0.3 is 5.32 Å². The first-order valence-electron chi connectivity index (χ1n) is 8.18. The molecule has 1 N–H and O–H groups in total. The number of nitrogens with one attached hydrogen (secondary N) is 1. The Morgan fingerprint density at radius 1 is 1.08 bits per heavy atom. The second kappa shape index (κ2) is 9.18. The van der Waals surface area contributed by atoms with Crippen LogP contribution in [0.2, 0.25) is 10.0 Å². The minimum atomic E-state index is -0.668. The highest BCUT2D eigenvalue weighted by molar-refractivity contribution is 6.36. The van der Waals surface area contributed by atoms with Crippen LogP contribution in [0, 0.1) is 5.82 Å². The smallest absolute Gasteiger partial charge is 0.253 e. The Hall–Kier alpha value is -1.62. The molecule has 0 spiro atoms. The van der Waals surface area contributed by atoms with E-state index in [-0.39, 0.29) is 15.6 Å². The lowest BCUT2D eigenvalue weighted by Crippen LogP contribution is -2.26. The third-order valence-corrected chi connectivity index (χ3v) is 4.70. The number of carbonyl (C=O) groups excluding carboxylic acids is 1. The van der Waals surface area contributed by atoms with Crippen LogP contribution in [0.3, 0.4) is 0 Å². The number of rotatable bonds is 7. The molecule has 2 rings (SSSR count). The minimum Gasteiger partial charge on any atom is -0.348 e. The second-order valence-corrected chi connectivity index (χ2v) is 6.47. The van der Waals surface area contributed by atoms with E-state index in [0.29, 0.717) is 6.54 Å². The fourth-order valence-corrected chi connectivity index (χ4v) is 3.01.